The fourth-order valence-corrected chi connectivity index (χ4v) is 6.16. The third-order valence-electron chi connectivity index (χ3n) is 8.18. The van der Waals surface area contributed by atoms with Crippen LogP contribution in [0.3, 0.4) is 0 Å². The highest BCUT2D eigenvalue weighted by atomic mass is 16.4. The second-order valence-electron chi connectivity index (χ2n) is 10.6. The molecule has 4 aromatic rings. The fourth-order valence-electron chi connectivity index (χ4n) is 6.16. The number of rotatable bonds is 8. The van der Waals surface area contributed by atoms with Crippen molar-refractivity contribution in [3.05, 3.63) is 94.5 Å². The summed E-state index contributed by atoms with van der Waals surface area (Å²) in [7, 11) is 0. The molecule has 1 atom stereocenters. The summed E-state index contributed by atoms with van der Waals surface area (Å²) >= 11 is 0. The molecule has 3 aromatic carbocycles. The molecule has 0 aliphatic carbocycles. The molecule has 40 heavy (non-hydrogen) atoms. The standard InChI is InChI=1S/C32H31N3O5/c36-21-23-10-12-28-30(19-23)40-32(39)34(28)15-5-4-6-22-9-11-27(26(18-22)24-7-2-1-3-8-24)35(31(37)38)29-20-33-16-13-25(29)14-17-33/h1-4,6-12,18-19,21,25,29H,5,13-17,20H2,(H,37,38)/t29-/m0/s1. The number of aldehydes is 1. The molecule has 0 spiro atoms. The predicted molar refractivity (Wildman–Crippen MR) is 155 cm³/mol. The topological polar surface area (TPSA) is 96.0 Å². The van der Waals surface area contributed by atoms with E-state index in [1.807, 2.05) is 60.7 Å². The SMILES string of the molecule is O=Cc1ccc2c(c1)oc(=O)n2CCC=Cc1ccc(N(C(=O)O)[C@H]2CN3CCC2CC3)c(-c2ccccc2)c1. The van der Waals surface area contributed by atoms with Gasteiger partial charge in [0.15, 0.2) is 5.58 Å². The maximum absolute atomic E-state index is 12.7. The number of aryl methyl sites for hydroxylation is 1. The first-order chi connectivity index (χ1) is 19.5. The number of anilines is 1. The number of benzene rings is 3. The highest BCUT2D eigenvalue weighted by Gasteiger charge is 2.40. The molecule has 4 heterocycles. The molecular weight excluding hydrogens is 506 g/mol. The van der Waals surface area contributed by atoms with Gasteiger partial charge in [0, 0.05) is 24.2 Å². The lowest BCUT2D eigenvalue weighted by Gasteiger charge is -2.48. The third kappa shape index (κ3) is 4.98. The smallest absolute Gasteiger partial charge is 0.419 e. The third-order valence-corrected chi connectivity index (χ3v) is 8.18. The summed E-state index contributed by atoms with van der Waals surface area (Å²) in [5.41, 5.74) is 5.01. The van der Waals surface area contributed by atoms with Crippen LogP contribution < -0.4 is 10.7 Å². The van der Waals surface area contributed by atoms with E-state index in [0.717, 1.165) is 55.5 Å². The molecular formula is C32H31N3O5. The molecule has 8 heteroatoms. The van der Waals surface area contributed by atoms with Crippen molar-refractivity contribution in [1.29, 1.82) is 0 Å². The fraction of sp³-hybridized carbons (Fsp3) is 0.281. The number of hydrogen-bond acceptors (Lipinski definition) is 5. The quantitative estimate of drug-likeness (QED) is 0.287. The molecule has 3 fully saturated rings. The van der Waals surface area contributed by atoms with E-state index in [2.05, 4.69) is 4.90 Å². The number of piperidine rings is 3. The zero-order chi connectivity index (χ0) is 27.6. The Labute approximate surface area is 231 Å². The van der Waals surface area contributed by atoms with Crippen LogP contribution in [0.4, 0.5) is 10.5 Å². The highest BCUT2D eigenvalue weighted by Crippen LogP contribution is 2.38. The van der Waals surface area contributed by atoms with E-state index in [0.29, 0.717) is 41.2 Å². The Morgan fingerprint density at radius 2 is 1.80 bits per heavy atom. The van der Waals surface area contributed by atoms with Gasteiger partial charge in [0.2, 0.25) is 0 Å². The molecule has 2 bridgehead atoms. The van der Waals surface area contributed by atoms with Crippen LogP contribution in [-0.4, -0.2) is 52.6 Å². The molecule has 8 nitrogen and oxygen atoms in total. The van der Waals surface area contributed by atoms with E-state index in [4.69, 9.17) is 4.42 Å². The van der Waals surface area contributed by atoms with Gasteiger partial charge < -0.3 is 14.4 Å². The van der Waals surface area contributed by atoms with E-state index < -0.39 is 11.8 Å². The Hall–Kier alpha value is -4.43. The van der Waals surface area contributed by atoms with Gasteiger partial charge in [-0.25, -0.2) is 9.59 Å². The number of fused-ring (bicyclic) bond motifs is 4. The lowest BCUT2D eigenvalue weighted by molar-refractivity contribution is 0.0838. The Morgan fingerprint density at radius 3 is 2.50 bits per heavy atom. The van der Waals surface area contributed by atoms with E-state index in [9.17, 15) is 19.5 Å². The minimum Gasteiger partial charge on any atom is -0.465 e. The average molecular weight is 538 g/mol. The Bertz CT molecular complexity index is 1630. The number of carboxylic acid groups (broad SMARTS) is 1. The maximum Gasteiger partial charge on any atom is 0.419 e. The van der Waals surface area contributed by atoms with Crippen molar-refractivity contribution in [1.82, 2.24) is 9.47 Å². The van der Waals surface area contributed by atoms with Crippen LogP contribution in [0.15, 0.2) is 82.0 Å². The Morgan fingerprint density at radius 1 is 1.02 bits per heavy atom. The number of allylic oxidation sites excluding steroid dienone is 1. The molecule has 1 aromatic heterocycles. The van der Waals surface area contributed by atoms with E-state index in [1.165, 1.54) is 0 Å². The van der Waals surface area contributed by atoms with Gasteiger partial charge in [0.1, 0.15) is 6.29 Å². The van der Waals surface area contributed by atoms with Crippen molar-refractivity contribution in [3.63, 3.8) is 0 Å². The maximum atomic E-state index is 12.7. The Balaban J connectivity index is 1.27. The second kappa shape index (κ2) is 11.0. The number of hydrogen-bond donors (Lipinski definition) is 1. The minimum atomic E-state index is -0.919. The van der Waals surface area contributed by atoms with E-state index >= 15 is 0 Å². The first-order valence-electron chi connectivity index (χ1n) is 13.7. The van der Waals surface area contributed by atoms with E-state index in [1.54, 1.807) is 27.7 Å². The van der Waals surface area contributed by atoms with Gasteiger partial charge in [-0.2, -0.15) is 0 Å². The summed E-state index contributed by atoms with van der Waals surface area (Å²) in [6, 6.07) is 20.7. The monoisotopic (exact) mass is 537 g/mol. The molecule has 3 saturated heterocycles. The largest absolute Gasteiger partial charge is 0.465 e. The molecule has 0 saturated carbocycles. The van der Waals surface area contributed by atoms with Crippen molar-refractivity contribution in [2.45, 2.75) is 31.8 Å². The summed E-state index contributed by atoms with van der Waals surface area (Å²) in [6.45, 7) is 3.29. The summed E-state index contributed by atoms with van der Waals surface area (Å²) in [5.74, 6) is -0.0830. The molecule has 7 rings (SSSR count). The van der Waals surface area contributed by atoms with Gasteiger partial charge >= 0.3 is 11.8 Å². The summed E-state index contributed by atoms with van der Waals surface area (Å²) in [5, 5.41) is 10.4. The van der Waals surface area contributed by atoms with Crippen molar-refractivity contribution >= 4 is 35.2 Å². The summed E-state index contributed by atoms with van der Waals surface area (Å²) in [6.07, 6.45) is 6.45. The highest BCUT2D eigenvalue weighted by molar-refractivity contribution is 5.94. The number of amides is 1. The molecule has 1 amide bonds. The normalized spacial score (nSPS) is 20.2. The van der Waals surface area contributed by atoms with Crippen molar-refractivity contribution in [2.75, 3.05) is 24.5 Å². The van der Waals surface area contributed by atoms with Gasteiger partial charge in [-0.3, -0.25) is 14.3 Å². The van der Waals surface area contributed by atoms with Gasteiger partial charge in [-0.05, 0) is 79.7 Å². The van der Waals surface area contributed by atoms with Crippen LogP contribution in [0.1, 0.15) is 35.2 Å². The molecule has 0 radical (unpaired) electrons. The lowest BCUT2D eigenvalue weighted by atomic mass is 9.82. The van der Waals surface area contributed by atoms with Crippen LogP contribution in [0.2, 0.25) is 0 Å². The van der Waals surface area contributed by atoms with Crippen molar-refractivity contribution in [2.24, 2.45) is 5.92 Å². The van der Waals surface area contributed by atoms with Gasteiger partial charge in [-0.1, -0.05) is 48.6 Å². The van der Waals surface area contributed by atoms with Gasteiger partial charge in [-0.15, -0.1) is 0 Å². The van der Waals surface area contributed by atoms with Gasteiger partial charge in [0.05, 0.1) is 17.2 Å². The van der Waals surface area contributed by atoms with Crippen molar-refractivity contribution in [3.8, 4) is 11.1 Å². The average Bonchev–Trinajstić information content (AvgIpc) is 3.30. The van der Waals surface area contributed by atoms with Crippen molar-refractivity contribution < 1.29 is 19.1 Å². The van der Waals surface area contributed by atoms with Crippen LogP contribution in [0, 0.1) is 5.92 Å². The summed E-state index contributed by atoms with van der Waals surface area (Å²) in [4.78, 5) is 40.0. The molecule has 1 N–H and O–H groups in total. The van der Waals surface area contributed by atoms with Crippen LogP contribution in [-0.2, 0) is 6.54 Å². The Kier molecular flexibility index (Phi) is 7.09. The molecule has 0 unspecified atom stereocenters. The number of carbonyl (C=O) groups is 2. The predicted octanol–water partition coefficient (Wildman–Crippen LogP) is 5.76. The minimum absolute atomic E-state index is 0.0606. The summed E-state index contributed by atoms with van der Waals surface area (Å²) < 4.78 is 6.87. The molecule has 3 aliphatic rings. The zero-order valence-electron chi connectivity index (χ0n) is 22.1. The number of oxazole rings is 1. The van der Waals surface area contributed by atoms with Crippen LogP contribution in [0.5, 0.6) is 0 Å². The van der Waals surface area contributed by atoms with E-state index in [-0.39, 0.29) is 6.04 Å². The first kappa shape index (κ1) is 25.8. The zero-order valence-corrected chi connectivity index (χ0v) is 22.1. The molecule has 3 aliphatic heterocycles. The van der Waals surface area contributed by atoms with Gasteiger partial charge in [0.25, 0.3) is 0 Å². The van der Waals surface area contributed by atoms with Crippen LogP contribution >= 0.6 is 0 Å². The number of carbonyl (C=O) groups excluding carboxylic acids is 1. The number of aromatic nitrogens is 1. The first-order valence-corrected chi connectivity index (χ1v) is 13.7. The number of nitrogens with zero attached hydrogens (tertiary/aromatic N) is 3. The second-order valence-corrected chi connectivity index (χ2v) is 10.6. The van der Waals surface area contributed by atoms with Crippen LogP contribution in [0.25, 0.3) is 28.3 Å². The lowest BCUT2D eigenvalue weighted by Crippen LogP contribution is -2.58. The molecule has 204 valence electrons.